The minimum absolute atomic E-state index is 0.103. The number of likely N-dealkylation sites (tertiary alicyclic amines) is 1. The zero-order valence-electron chi connectivity index (χ0n) is 13.8. The highest BCUT2D eigenvalue weighted by Gasteiger charge is 2.39. The number of hydrogen-bond acceptors (Lipinski definition) is 4. The molecule has 6 heteroatoms. The normalized spacial score (nSPS) is 21.3. The highest BCUT2D eigenvalue weighted by atomic mass is 32.1. The fraction of sp³-hybridized carbons (Fsp3) is 0.529. The van der Waals surface area contributed by atoms with Crippen LogP contribution >= 0.6 is 12.2 Å². The lowest BCUT2D eigenvalue weighted by molar-refractivity contribution is 0.0170. The van der Waals surface area contributed by atoms with Gasteiger partial charge in [-0.2, -0.15) is 0 Å². The van der Waals surface area contributed by atoms with Crippen LogP contribution in [0.4, 0.5) is 4.79 Å². The summed E-state index contributed by atoms with van der Waals surface area (Å²) in [6, 6.07) is 9.60. The van der Waals surface area contributed by atoms with E-state index in [9.17, 15) is 4.79 Å². The lowest BCUT2D eigenvalue weighted by Crippen LogP contribution is -2.45. The Morgan fingerprint density at radius 1 is 1.35 bits per heavy atom. The van der Waals surface area contributed by atoms with Crippen molar-refractivity contribution in [1.82, 2.24) is 4.90 Å². The van der Waals surface area contributed by atoms with E-state index in [-0.39, 0.29) is 12.1 Å². The molecule has 0 bridgehead atoms. The maximum atomic E-state index is 12.3. The van der Waals surface area contributed by atoms with Crippen LogP contribution in [0.5, 0.6) is 0 Å². The summed E-state index contributed by atoms with van der Waals surface area (Å²) in [5.74, 6) is 0. The van der Waals surface area contributed by atoms with Gasteiger partial charge in [-0.1, -0.05) is 42.5 Å². The molecule has 1 amide bonds. The van der Waals surface area contributed by atoms with Gasteiger partial charge in [-0.25, -0.2) is 4.79 Å². The van der Waals surface area contributed by atoms with Crippen LogP contribution in [0.3, 0.4) is 0 Å². The quantitative estimate of drug-likeness (QED) is 0.857. The van der Waals surface area contributed by atoms with Gasteiger partial charge in [-0.15, -0.1) is 0 Å². The van der Waals surface area contributed by atoms with Crippen LogP contribution in [0.25, 0.3) is 0 Å². The van der Waals surface area contributed by atoms with E-state index >= 15 is 0 Å². The predicted molar refractivity (Wildman–Crippen MR) is 93.1 cm³/mol. The van der Waals surface area contributed by atoms with Crippen molar-refractivity contribution in [3.05, 3.63) is 35.9 Å². The third-order valence-electron chi connectivity index (χ3n) is 3.55. The van der Waals surface area contributed by atoms with Gasteiger partial charge in [0.2, 0.25) is 0 Å². The molecule has 0 aliphatic carbocycles. The summed E-state index contributed by atoms with van der Waals surface area (Å²) in [6.45, 7) is 6.43. The number of nitrogens with two attached hydrogens (primary N) is 1. The maximum Gasteiger partial charge on any atom is 0.410 e. The summed E-state index contributed by atoms with van der Waals surface area (Å²) in [6.07, 6.45) is 0.0943. The zero-order valence-corrected chi connectivity index (χ0v) is 14.6. The van der Waals surface area contributed by atoms with Crippen LogP contribution in [-0.2, 0) is 16.1 Å². The lowest BCUT2D eigenvalue weighted by atomic mass is 10.2. The van der Waals surface area contributed by atoms with Gasteiger partial charge in [0.25, 0.3) is 0 Å². The molecule has 1 aliphatic rings. The van der Waals surface area contributed by atoms with Crippen LogP contribution in [0.15, 0.2) is 30.3 Å². The SMILES string of the molecule is CC(C)(C)OC(=O)N1C[C@H](OCc2ccccc2)C[C@H]1C(N)=S. The molecule has 0 aromatic heterocycles. The van der Waals surface area contributed by atoms with Crippen molar-refractivity contribution in [3.63, 3.8) is 0 Å². The Morgan fingerprint density at radius 3 is 2.57 bits per heavy atom. The van der Waals surface area contributed by atoms with Crippen molar-refractivity contribution >= 4 is 23.3 Å². The first-order valence-corrected chi connectivity index (χ1v) is 8.11. The Labute approximate surface area is 142 Å². The molecule has 0 unspecified atom stereocenters. The van der Waals surface area contributed by atoms with E-state index in [1.807, 2.05) is 51.1 Å². The summed E-state index contributed by atoms with van der Waals surface area (Å²) in [4.78, 5) is 14.2. The molecule has 2 rings (SSSR count). The number of thiocarbonyl (C=S) groups is 1. The lowest BCUT2D eigenvalue weighted by Gasteiger charge is -2.27. The van der Waals surface area contributed by atoms with Gasteiger partial charge in [0.1, 0.15) is 5.60 Å². The van der Waals surface area contributed by atoms with Gasteiger partial charge in [0.15, 0.2) is 0 Å². The number of rotatable bonds is 4. The molecule has 2 atom stereocenters. The van der Waals surface area contributed by atoms with E-state index in [1.54, 1.807) is 4.90 Å². The second-order valence-corrected chi connectivity index (χ2v) is 7.18. The summed E-state index contributed by atoms with van der Waals surface area (Å²) < 4.78 is 11.3. The van der Waals surface area contributed by atoms with E-state index in [1.165, 1.54) is 0 Å². The Balaban J connectivity index is 1.97. The number of benzene rings is 1. The number of ether oxygens (including phenoxy) is 2. The van der Waals surface area contributed by atoms with Gasteiger partial charge in [0.05, 0.1) is 30.3 Å². The van der Waals surface area contributed by atoms with Crippen LogP contribution in [0, 0.1) is 0 Å². The molecule has 1 saturated heterocycles. The molecular weight excluding hydrogens is 312 g/mol. The Morgan fingerprint density at radius 2 is 2.00 bits per heavy atom. The molecule has 1 fully saturated rings. The molecule has 0 radical (unpaired) electrons. The smallest absolute Gasteiger partial charge is 0.410 e. The van der Waals surface area contributed by atoms with Gasteiger partial charge < -0.3 is 15.2 Å². The Hall–Kier alpha value is -1.66. The molecule has 2 N–H and O–H groups in total. The van der Waals surface area contributed by atoms with E-state index in [4.69, 9.17) is 27.4 Å². The van der Waals surface area contributed by atoms with Crippen LogP contribution < -0.4 is 5.73 Å². The molecule has 1 aromatic carbocycles. The molecule has 1 aromatic rings. The monoisotopic (exact) mass is 336 g/mol. The summed E-state index contributed by atoms with van der Waals surface area (Å²) in [7, 11) is 0. The molecule has 126 valence electrons. The van der Waals surface area contributed by atoms with E-state index in [0.29, 0.717) is 24.6 Å². The summed E-state index contributed by atoms with van der Waals surface area (Å²) in [5, 5.41) is 0. The number of hydrogen-bond donors (Lipinski definition) is 1. The predicted octanol–water partition coefficient (Wildman–Crippen LogP) is 2.87. The molecule has 0 spiro atoms. The fourth-order valence-corrected chi connectivity index (χ4v) is 2.72. The molecule has 5 nitrogen and oxygen atoms in total. The topological polar surface area (TPSA) is 64.8 Å². The minimum Gasteiger partial charge on any atom is -0.444 e. The molecule has 23 heavy (non-hydrogen) atoms. The van der Waals surface area contributed by atoms with Gasteiger partial charge in [-0.3, -0.25) is 4.90 Å². The molecule has 1 heterocycles. The van der Waals surface area contributed by atoms with Crippen molar-refractivity contribution < 1.29 is 14.3 Å². The largest absolute Gasteiger partial charge is 0.444 e. The average molecular weight is 336 g/mol. The van der Waals surface area contributed by atoms with Gasteiger partial charge in [-0.05, 0) is 26.3 Å². The van der Waals surface area contributed by atoms with E-state index in [2.05, 4.69) is 0 Å². The van der Waals surface area contributed by atoms with Crippen LogP contribution in [0.2, 0.25) is 0 Å². The highest BCUT2D eigenvalue weighted by Crippen LogP contribution is 2.24. The van der Waals surface area contributed by atoms with Crippen molar-refractivity contribution in [2.45, 2.75) is 51.5 Å². The van der Waals surface area contributed by atoms with Crippen LogP contribution in [-0.4, -0.2) is 40.3 Å². The summed E-state index contributed by atoms with van der Waals surface area (Å²) in [5.41, 5.74) is 6.32. The van der Waals surface area contributed by atoms with E-state index in [0.717, 1.165) is 5.56 Å². The van der Waals surface area contributed by atoms with Gasteiger partial charge >= 0.3 is 6.09 Å². The number of amides is 1. The molecular formula is C17H24N2O3S. The third-order valence-corrected chi connectivity index (χ3v) is 3.82. The molecule has 1 aliphatic heterocycles. The van der Waals surface area contributed by atoms with Crippen molar-refractivity contribution in [1.29, 1.82) is 0 Å². The maximum absolute atomic E-state index is 12.3. The van der Waals surface area contributed by atoms with Crippen molar-refractivity contribution in [2.24, 2.45) is 5.73 Å². The second-order valence-electron chi connectivity index (χ2n) is 6.71. The number of carbonyl (C=O) groups excluding carboxylic acids is 1. The van der Waals surface area contributed by atoms with Gasteiger partial charge in [0, 0.05) is 6.42 Å². The first-order chi connectivity index (χ1) is 10.8. The fourth-order valence-electron chi connectivity index (χ4n) is 2.50. The Kier molecular flexibility index (Phi) is 5.59. The van der Waals surface area contributed by atoms with E-state index < -0.39 is 11.7 Å². The highest BCUT2D eigenvalue weighted by molar-refractivity contribution is 7.80. The number of carbonyl (C=O) groups is 1. The summed E-state index contributed by atoms with van der Waals surface area (Å²) >= 11 is 5.10. The van der Waals surface area contributed by atoms with Crippen LogP contribution in [0.1, 0.15) is 32.8 Å². The number of nitrogens with zero attached hydrogens (tertiary/aromatic N) is 1. The Bertz CT molecular complexity index is 557. The zero-order chi connectivity index (χ0) is 17.0. The third kappa shape index (κ3) is 5.18. The first-order valence-electron chi connectivity index (χ1n) is 7.71. The average Bonchev–Trinajstić information content (AvgIpc) is 2.89. The standard InChI is InChI=1S/C17H24N2O3S/c1-17(2,3)22-16(20)19-10-13(9-14(19)15(18)23)21-11-12-7-5-4-6-8-12/h4-8,13-14H,9-11H2,1-3H3,(H2,18,23)/t13-,14+/m1/s1. The van der Waals surface area contributed by atoms with Crippen molar-refractivity contribution in [2.75, 3.05) is 6.54 Å². The minimum atomic E-state index is -0.555. The first kappa shape index (κ1) is 17.7. The molecule has 0 saturated carbocycles. The second kappa shape index (κ2) is 7.27. The van der Waals surface area contributed by atoms with Crippen molar-refractivity contribution in [3.8, 4) is 0 Å².